The molecule has 1 aliphatic heterocycles. The van der Waals surface area contributed by atoms with Gasteiger partial charge in [0.25, 0.3) is 5.91 Å². The molecule has 2 bridgehead atoms. The summed E-state index contributed by atoms with van der Waals surface area (Å²) in [5.41, 5.74) is 1.87. The highest BCUT2D eigenvalue weighted by Crippen LogP contribution is 2.36. The van der Waals surface area contributed by atoms with Gasteiger partial charge in [-0.3, -0.25) is 4.79 Å². The van der Waals surface area contributed by atoms with Gasteiger partial charge in [0.05, 0.1) is 0 Å². The number of hydrogen-bond acceptors (Lipinski definition) is 1. The number of nitrogens with zero attached hydrogens (tertiary/aromatic N) is 1. The third-order valence-corrected chi connectivity index (χ3v) is 4.71. The maximum Gasteiger partial charge on any atom is 0.254 e. The minimum absolute atomic E-state index is 0.214. The van der Waals surface area contributed by atoms with Crippen LogP contribution < -0.4 is 0 Å². The molecule has 1 amide bonds. The van der Waals surface area contributed by atoms with E-state index in [-0.39, 0.29) is 5.91 Å². The average Bonchev–Trinajstić information content (AvgIpc) is 3.01. The highest BCUT2D eigenvalue weighted by Gasteiger charge is 2.37. The molecule has 2 aromatic rings. The van der Waals surface area contributed by atoms with Crippen LogP contribution in [0.15, 0.2) is 30.5 Å². The smallest absolute Gasteiger partial charge is 0.254 e. The van der Waals surface area contributed by atoms with Gasteiger partial charge >= 0.3 is 0 Å². The fourth-order valence-corrected chi connectivity index (χ4v) is 3.73. The number of nitrogens with one attached hydrogen (secondary N) is 1. The van der Waals surface area contributed by atoms with E-state index in [1.54, 1.807) is 0 Å². The van der Waals surface area contributed by atoms with Crippen LogP contribution in [0.2, 0.25) is 0 Å². The van der Waals surface area contributed by atoms with Crippen molar-refractivity contribution in [2.24, 2.45) is 5.92 Å². The van der Waals surface area contributed by atoms with Crippen molar-refractivity contribution < 1.29 is 4.79 Å². The third-order valence-electron chi connectivity index (χ3n) is 4.71. The van der Waals surface area contributed by atoms with E-state index in [2.05, 4.69) is 9.88 Å². The molecule has 1 aromatic carbocycles. The predicted octanol–water partition coefficient (Wildman–Crippen LogP) is 3.18. The lowest BCUT2D eigenvalue weighted by Crippen LogP contribution is -2.35. The quantitative estimate of drug-likeness (QED) is 0.833. The molecular weight excluding hydrogens is 236 g/mol. The van der Waals surface area contributed by atoms with Crippen molar-refractivity contribution >= 4 is 16.8 Å². The van der Waals surface area contributed by atoms with Crippen LogP contribution in [-0.2, 0) is 0 Å². The van der Waals surface area contributed by atoms with Crippen LogP contribution in [0, 0.1) is 5.92 Å². The van der Waals surface area contributed by atoms with Gasteiger partial charge in [-0.1, -0.05) is 12.5 Å². The van der Waals surface area contributed by atoms with Crippen molar-refractivity contribution in [3.05, 3.63) is 36.0 Å². The zero-order valence-corrected chi connectivity index (χ0v) is 10.9. The molecule has 2 fully saturated rings. The van der Waals surface area contributed by atoms with Gasteiger partial charge in [0.1, 0.15) is 0 Å². The Morgan fingerprint density at radius 2 is 2.21 bits per heavy atom. The number of aromatic amines is 1. The molecule has 98 valence electrons. The van der Waals surface area contributed by atoms with E-state index in [4.69, 9.17) is 0 Å². The molecule has 1 aromatic heterocycles. The number of likely N-dealkylation sites (tertiary alicyclic amines) is 1. The van der Waals surface area contributed by atoms with Crippen molar-refractivity contribution in [1.29, 1.82) is 0 Å². The number of carbonyl (C=O) groups is 1. The molecule has 0 spiro atoms. The molecule has 4 rings (SSSR count). The summed E-state index contributed by atoms with van der Waals surface area (Å²) in [5, 5.41) is 1.16. The topological polar surface area (TPSA) is 36.1 Å². The Hall–Kier alpha value is -1.77. The summed E-state index contributed by atoms with van der Waals surface area (Å²) in [6.45, 7) is 0.965. The van der Waals surface area contributed by atoms with E-state index in [0.29, 0.717) is 6.04 Å². The molecular formula is C16H18N2O. The molecule has 1 saturated heterocycles. The molecule has 0 radical (unpaired) electrons. The predicted molar refractivity (Wildman–Crippen MR) is 75.1 cm³/mol. The molecule has 1 saturated carbocycles. The Morgan fingerprint density at radius 3 is 3.11 bits per heavy atom. The number of fused-ring (bicyclic) bond motifs is 3. The van der Waals surface area contributed by atoms with E-state index in [9.17, 15) is 4.79 Å². The van der Waals surface area contributed by atoms with Gasteiger partial charge in [-0.2, -0.15) is 0 Å². The van der Waals surface area contributed by atoms with Gasteiger partial charge in [-0.15, -0.1) is 0 Å². The summed E-state index contributed by atoms with van der Waals surface area (Å²) in [7, 11) is 0. The SMILES string of the molecule is O=C(c1ccc2cc[nH]c2c1)N1CC2CCCC1C2. The number of carbonyl (C=O) groups excluding carboxylic acids is 1. The maximum absolute atomic E-state index is 12.7. The number of H-pyrrole nitrogens is 1. The summed E-state index contributed by atoms with van der Waals surface area (Å²) >= 11 is 0. The lowest BCUT2D eigenvalue weighted by atomic mass is 9.90. The fourth-order valence-electron chi connectivity index (χ4n) is 3.73. The number of benzene rings is 1. The van der Waals surface area contributed by atoms with E-state index >= 15 is 0 Å². The molecule has 2 atom stereocenters. The van der Waals surface area contributed by atoms with Gasteiger partial charge in [-0.05, 0) is 48.8 Å². The summed E-state index contributed by atoms with van der Waals surface area (Å²) in [6, 6.07) is 8.50. The van der Waals surface area contributed by atoms with Crippen molar-refractivity contribution in [3.63, 3.8) is 0 Å². The molecule has 2 aliphatic rings. The van der Waals surface area contributed by atoms with E-state index in [1.807, 2.05) is 30.5 Å². The summed E-state index contributed by atoms with van der Waals surface area (Å²) < 4.78 is 0. The summed E-state index contributed by atoms with van der Waals surface area (Å²) in [6.07, 6.45) is 6.91. The van der Waals surface area contributed by atoms with Crippen LogP contribution in [0.1, 0.15) is 36.0 Å². The molecule has 19 heavy (non-hydrogen) atoms. The van der Waals surface area contributed by atoms with Gasteiger partial charge in [-0.25, -0.2) is 0 Å². The lowest BCUT2D eigenvalue weighted by Gasteiger charge is -2.24. The zero-order valence-electron chi connectivity index (χ0n) is 10.9. The van der Waals surface area contributed by atoms with Crippen LogP contribution in [0.4, 0.5) is 0 Å². The number of hydrogen-bond donors (Lipinski definition) is 1. The van der Waals surface area contributed by atoms with Crippen LogP contribution >= 0.6 is 0 Å². The number of amides is 1. The average molecular weight is 254 g/mol. The molecule has 3 nitrogen and oxygen atoms in total. The normalized spacial score (nSPS) is 26.0. The van der Waals surface area contributed by atoms with Crippen molar-refractivity contribution in [2.45, 2.75) is 31.7 Å². The lowest BCUT2D eigenvalue weighted by molar-refractivity contribution is 0.0733. The Kier molecular flexibility index (Phi) is 2.40. The van der Waals surface area contributed by atoms with Gasteiger partial charge in [0, 0.05) is 29.9 Å². The van der Waals surface area contributed by atoms with Crippen LogP contribution in [0.25, 0.3) is 10.9 Å². The second-order valence-corrected chi connectivity index (χ2v) is 5.92. The first-order chi connectivity index (χ1) is 9.31. The number of rotatable bonds is 1. The van der Waals surface area contributed by atoms with Crippen LogP contribution in [0.5, 0.6) is 0 Å². The molecule has 2 unspecified atom stereocenters. The van der Waals surface area contributed by atoms with Crippen molar-refractivity contribution in [2.75, 3.05) is 6.54 Å². The van der Waals surface area contributed by atoms with Crippen molar-refractivity contribution in [1.82, 2.24) is 9.88 Å². The van der Waals surface area contributed by atoms with E-state index in [1.165, 1.54) is 25.7 Å². The first-order valence-corrected chi connectivity index (χ1v) is 7.19. The largest absolute Gasteiger partial charge is 0.361 e. The van der Waals surface area contributed by atoms with Crippen LogP contribution in [0.3, 0.4) is 0 Å². The maximum atomic E-state index is 12.7. The number of aromatic nitrogens is 1. The Labute approximate surface area is 112 Å². The summed E-state index contributed by atoms with van der Waals surface area (Å²) in [4.78, 5) is 18.0. The van der Waals surface area contributed by atoms with Gasteiger partial charge in [0.15, 0.2) is 0 Å². The third kappa shape index (κ3) is 1.76. The standard InChI is InChI=1S/C16H18N2O/c19-16(18-10-11-2-1-3-14(18)8-11)13-5-4-12-6-7-17-15(12)9-13/h4-7,9,11,14,17H,1-3,8,10H2. The fraction of sp³-hybridized carbons (Fsp3) is 0.438. The first-order valence-electron chi connectivity index (χ1n) is 7.19. The molecule has 2 heterocycles. The Morgan fingerprint density at radius 1 is 1.26 bits per heavy atom. The molecule has 1 N–H and O–H groups in total. The Balaban J connectivity index is 1.66. The van der Waals surface area contributed by atoms with E-state index < -0.39 is 0 Å². The molecule has 3 heteroatoms. The Bertz CT molecular complexity index is 630. The minimum Gasteiger partial charge on any atom is -0.361 e. The van der Waals surface area contributed by atoms with Gasteiger partial charge in [0.2, 0.25) is 0 Å². The summed E-state index contributed by atoms with van der Waals surface area (Å²) in [5.74, 6) is 0.961. The zero-order chi connectivity index (χ0) is 12.8. The highest BCUT2D eigenvalue weighted by atomic mass is 16.2. The second-order valence-electron chi connectivity index (χ2n) is 5.92. The highest BCUT2D eigenvalue weighted by molar-refractivity contribution is 5.98. The minimum atomic E-state index is 0.214. The van der Waals surface area contributed by atoms with Crippen molar-refractivity contribution in [3.8, 4) is 0 Å². The van der Waals surface area contributed by atoms with Gasteiger partial charge < -0.3 is 9.88 Å². The van der Waals surface area contributed by atoms with E-state index in [0.717, 1.165) is 28.9 Å². The monoisotopic (exact) mass is 254 g/mol. The van der Waals surface area contributed by atoms with Crippen LogP contribution in [-0.4, -0.2) is 28.4 Å². The molecule has 1 aliphatic carbocycles. The second kappa shape index (κ2) is 4.12. The first kappa shape index (κ1) is 11.1.